The number of benzene rings is 1. The van der Waals surface area contributed by atoms with E-state index in [0.29, 0.717) is 24.7 Å². The van der Waals surface area contributed by atoms with Gasteiger partial charge in [-0.3, -0.25) is 0 Å². The highest BCUT2D eigenvalue weighted by Crippen LogP contribution is 2.17. The monoisotopic (exact) mass is 386 g/mol. The molecule has 3 aromatic rings. The lowest BCUT2D eigenvalue weighted by Gasteiger charge is -2.11. The van der Waals surface area contributed by atoms with Gasteiger partial charge in [0.05, 0.1) is 18.8 Å². The molecule has 0 fully saturated rings. The summed E-state index contributed by atoms with van der Waals surface area (Å²) in [5, 5.41) is 7.46. The average Bonchev–Trinajstić information content (AvgIpc) is 3.26. The van der Waals surface area contributed by atoms with Gasteiger partial charge in [-0.2, -0.15) is 0 Å². The molecular weight excluding hydrogens is 363 g/mol. The molecule has 3 rings (SSSR count). The number of rotatable bonds is 6. The van der Waals surface area contributed by atoms with E-state index in [2.05, 4.69) is 25.6 Å². The van der Waals surface area contributed by atoms with Crippen molar-refractivity contribution < 1.29 is 4.39 Å². The number of imidazole rings is 1. The van der Waals surface area contributed by atoms with Gasteiger partial charge in [-0.25, -0.2) is 19.4 Å². The number of aryl methyl sites for hydroxylation is 2. The summed E-state index contributed by atoms with van der Waals surface area (Å²) in [5.74, 6) is 1.14. The van der Waals surface area contributed by atoms with Gasteiger partial charge in [-0.1, -0.05) is 6.07 Å². The van der Waals surface area contributed by atoms with Crippen LogP contribution in [-0.2, 0) is 13.1 Å². The van der Waals surface area contributed by atoms with Gasteiger partial charge in [0, 0.05) is 30.0 Å². The molecular formula is C19H23FN6S. The molecule has 0 spiro atoms. The van der Waals surface area contributed by atoms with Crippen LogP contribution >= 0.6 is 11.3 Å². The Morgan fingerprint density at radius 1 is 1.26 bits per heavy atom. The highest BCUT2D eigenvalue weighted by Gasteiger charge is 2.08. The number of guanidine groups is 1. The summed E-state index contributed by atoms with van der Waals surface area (Å²) >= 11 is 1.65. The SMILES string of the molecule is CCNC(=NCc1ccc(-n2ccnc2C)c(F)c1)NCc1ncc(C)s1. The predicted octanol–water partition coefficient (Wildman–Crippen LogP) is 3.34. The lowest BCUT2D eigenvalue weighted by atomic mass is 10.2. The molecule has 8 heteroatoms. The third kappa shape index (κ3) is 4.91. The van der Waals surface area contributed by atoms with Gasteiger partial charge < -0.3 is 15.2 Å². The largest absolute Gasteiger partial charge is 0.357 e. The van der Waals surface area contributed by atoms with Crippen LogP contribution in [0.4, 0.5) is 4.39 Å². The van der Waals surface area contributed by atoms with Gasteiger partial charge >= 0.3 is 0 Å². The van der Waals surface area contributed by atoms with Crippen LogP contribution in [0.1, 0.15) is 28.2 Å². The Balaban J connectivity index is 1.68. The van der Waals surface area contributed by atoms with E-state index in [0.717, 1.165) is 22.9 Å². The fourth-order valence-electron chi connectivity index (χ4n) is 2.63. The standard InChI is InChI=1S/C19H23FN6S/c1-4-21-19(25-12-18-23-10-13(2)27-18)24-11-15-5-6-17(16(20)9-15)26-8-7-22-14(26)3/h5-10H,4,11-12H2,1-3H3,(H2,21,24,25). The van der Waals surface area contributed by atoms with Crippen molar-refractivity contribution in [2.24, 2.45) is 4.99 Å². The van der Waals surface area contributed by atoms with Crippen LogP contribution in [0, 0.1) is 19.7 Å². The van der Waals surface area contributed by atoms with Gasteiger partial charge in [0.1, 0.15) is 16.6 Å². The number of halogens is 1. The Kier molecular flexibility index (Phi) is 6.18. The highest BCUT2D eigenvalue weighted by molar-refractivity contribution is 7.11. The molecule has 0 aliphatic heterocycles. The van der Waals surface area contributed by atoms with Gasteiger partial charge in [0.2, 0.25) is 0 Å². The van der Waals surface area contributed by atoms with E-state index < -0.39 is 0 Å². The lowest BCUT2D eigenvalue weighted by molar-refractivity contribution is 0.614. The van der Waals surface area contributed by atoms with Crippen molar-refractivity contribution >= 4 is 17.3 Å². The van der Waals surface area contributed by atoms with Crippen LogP contribution < -0.4 is 10.6 Å². The van der Waals surface area contributed by atoms with Gasteiger partial charge in [0.15, 0.2) is 5.96 Å². The third-order valence-corrected chi connectivity index (χ3v) is 4.85. The second-order valence-corrected chi connectivity index (χ2v) is 7.36. The zero-order valence-electron chi connectivity index (χ0n) is 15.7. The molecule has 1 aromatic carbocycles. The first-order valence-corrected chi connectivity index (χ1v) is 9.60. The number of aliphatic imine (C=N–C) groups is 1. The number of nitrogens with one attached hydrogen (secondary N) is 2. The molecule has 0 radical (unpaired) electrons. The number of aromatic nitrogens is 3. The molecule has 2 heterocycles. The normalized spacial score (nSPS) is 11.6. The number of hydrogen-bond donors (Lipinski definition) is 2. The van der Waals surface area contributed by atoms with Crippen molar-refractivity contribution in [2.45, 2.75) is 33.9 Å². The first-order chi connectivity index (χ1) is 13.1. The smallest absolute Gasteiger partial charge is 0.191 e. The summed E-state index contributed by atoms with van der Waals surface area (Å²) in [6, 6.07) is 5.16. The third-order valence-electron chi connectivity index (χ3n) is 3.94. The molecule has 6 nitrogen and oxygen atoms in total. The van der Waals surface area contributed by atoms with Crippen LogP contribution in [0.3, 0.4) is 0 Å². The zero-order valence-corrected chi connectivity index (χ0v) is 16.5. The van der Waals surface area contributed by atoms with E-state index in [9.17, 15) is 4.39 Å². The molecule has 0 atom stereocenters. The van der Waals surface area contributed by atoms with Crippen molar-refractivity contribution in [2.75, 3.05) is 6.54 Å². The van der Waals surface area contributed by atoms with Gasteiger partial charge in [-0.05, 0) is 38.5 Å². The summed E-state index contributed by atoms with van der Waals surface area (Å²) in [5.41, 5.74) is 1.29. The molecule has 0 aliphatic rings. The topological polar surface area (TPSA) is 67.1 Å². The maximum atomic E-state index is 14.5. The van der Waals surface area contributed by atoms with E-state index in [1.54, 1.807) is 34.4 Å². The molecule has 0 saturated heterocycles. The maximum absolute atomic E-state index is 14.5. The summed E-state index contributed by atoms with van der Waals surface area (Å²) < 4.78 is 16.2. The minimum absolute atomic E-state index is 0.292. The number of nitrogens with zero attached hydrogens (tertiary/aromatic N) is 4. The Labute approximate surface area is 162 Å². The Bertz CT molecular complexity index is 930. The zero-order chi connectivity index (χ0) is 19.2. The molecule has 0 amide bonds. The summed E-state index contributed by atoms with van der Waals surface area (Å²) in [6.07, 6.45) is 5.27. The van der Waals surface area contributed by atoms with E-state index >= 15 is 0 Å². The summed E-state index contributed by atoms with van der Waals surface area (Å²) in [4.78, 5) is 14.2. The quantitative estimate of drug-likeness (QED) is 0.504. The Hall–Kier alpha value is -2.74. The predicted molar refractivity (Wildman–Crippen MR) is 107 cm³/mol. The second-order valence-electron chi connectivity index (χ2n) is 6.04. The second kappa shape index (κ2) is 8.77. The van der Waals surface area contributed by atoms with Crippen LogP contribution in [-0.4, -0.2) is 27.0 Å². The fraction of sp³-hybridized carbons (Fsp3) is 0.316. The highest BCUT2D eigenvalue weighted by atomic mass is 32.1. The maximum Gasteiger partial charge on any atom is 0.191 e. The molecule has 0 bridgehead atoms. The van der Waals surface area contributed by atoms with Crippen molar-refractivity contribution in [3.8, 4) is 5.69 Å². The minimum Gasteiger partial charge on any atom is -0.357 e. The van der Waals surface area contributed by atoms with Crippen LogP contribution in [0.5, 0.6) is 0 Å². The van der Waals surface area contributed by atoms with Crippen LogP contribution in [0.25, 0.3) is 5.69 Å². The molecule has 0 aliphatic carbocycles. The van der Waals surface area contributed by atoms with Crippen molar-refractivity contribution in [3.63, 3.8) is 0 Å². The Morgan fingerprint density at radius 3 is 2.74 bits per heavy atom. The van der Waals surface area contributed by atoms with Crippen LogP contribution in [0.2, 0.25) is 0 Å². The van der Waals surface area contributed by atoms with Crippen molar-refractivity contribution in [1.29, 1.82) is 0 Å². The number of thiazole rings is 1. The lowest BCUT2D eigenvalue weighted by Crippen LogP contribution is -2.36. The van der Waals surface area contributed by atoms with E-state index in [4.69, 9.17) is 0 Å². The average molecular weight is 387 g/mol. The molecule has 27 heavy (non-hydrogen) atoms. The van der Waals surface area contributed by atoms with E-state index in [1.165, 1.54) is 10.9 Å². The van der Waals surface area contributed by atoms with Gasteiger partial charge in [-0.15, -0.1) is 11.3 Å². The molecule has 0 unspecified atom stereocenters. The first-order valence-electron chi connectivity index (χ1n) is 8.79. The summed E-state index contributed by atoms with van der Waals surface area (Å²) in [7, 11) is 0. The fourth-order valence-corrected chi connectivity index (χ4v) is 3.36. The summed E-state index contributed by atoms with van der Waals surface area (Å²) in [6.45, 7) is 7.62. The minimum atomic E-state index is -0.292. The molecule has 2 N–H and O–H groups in total. The number of hydrogen-bond acceptors (Lipinski definition) is 4. The Morgan fingerprint density at radius 2 is 2.11 bits per heavy atom. The van der Waals surface area contributed by atoms with E-state index in [1.807, 2.05) is 33.0 Å². The van der Waals surface area contributed by atoms with E-state index in [-0.39, 0.29) is 5.82 Å². The van der Waals surface area contributed by atoms with Gasteiger partial charge in [0.25, 0.3) is 0 Å². The van der Waals surface area contributed by atoms with Crippen molar-refractivity contribution in [1.82, 2.24) is 25.2 Å². The molecule has 2 aromatic heterocycles. The molecule has 0 saturated carbocycles. The molecule has 142 valence electrons. The first kappa shape index (κ1) is 19.0. The van der Waals surface area contributed by atoms with Crippen molar-refractivity contribution in [3.05, 3.63) is 63.9 Å². The van der Waals surface area contributed by atoms with Crippen LogP contribution in [0.15, 0.2) is 41.8 Å².